The van der Waals surface area contributed by atoms with Crippen LogP contribution in [0, 0.1) is 0 Å². The first-order chi connectivity index (χ1) is 11.3. The summed E-state index contributed by atoms with van der Waals surface area (Å²) in [4.78, 5) is 37.1. The zero-order valence-corrected chi connectivity index (χ0v) is 16.2. The van der Waals surface area contributed by atoms with Crippen molar-refractivity contribution in [1.82, 2.24) is 13.7 Å². The highest BCUT2D eigenvalue weighted by atomic mass is 28.4. The van der Waals surface area contributed by atoms with Gasteiger partial charge in [0.2, 0.25) is 0 Å². The van der Waals surface area contributed by atoms with E-state index in [0.717, 1.165) is 13.7 Å². The number of hydrogen-bond acceptors (Lipinski definition) is 6. The van der Waals surface area contributed by atoms with Crippen molar-refractivity contribution in [3.8, 4) is 0 Å². The van der Waals surface area contributed by atoms with E-state index in [9.17, 15) is 14.4 Å². The Hall–Kier alpha value is -1.49. The summed E-state index contributed by atoms with van der Waals surface area (Å²) < 4.78 is 20.3. The molecule has 1 aromatic heterocycles. The van der Waals surface area contributed by atoms with Crippen molar-refractivity contribution >= 4 is 8.80 Å². The maximum atomic E-state index is 12.6. The fourth-order valence-corrected chi connectivity index (χ4v) is 5.74. The van der Waals surface area contributed by atoms with Gasteiger partial charge in [0.15, 0.2) is 0 Å². The van der Waals surface area contributed by atoms with E-state index in [0.29, 0.717) is 26.2 Å². The normalized spacial score (nSPS) is 13.2. The van der Waals surface area contributed by atoms with Crippen LogP contribution in [0.4, 0.5) is 0 Å². The quantitative estimate of drug-likeness (QED) is 0.565. The lowest BCUT2D eigenvalue weighted by atomic mass is 10.4. The zero-order chi connectivity index (χ0) is 18.5. The molecule has 0 saturated carbocycles. The maximum absolute atomic E-state index is 12.6. The molecule has 0 N–H and O–H groups in total. The van der Waals surface area contributed by atoms with Gasteiger partial charge < -0.3 is 13.3 Å². The Labute approximate surface area is 141 Å². The molecule has 1 rings (SSSR count). The monoisotopic (exact) mass is 361 g/mol. The molecule has 1 unspecified atom stereocenters. The van der Waals surface area contributed by atoms with Crippen molar-refractivity contribution in [2.75, 3.05) is 19.8 Å². The highest BCUT2D eigenvalue weighted by Gasteiger charge is 2.51. The van der Waals surface area contributed by atoms with Gasteiger partial charge >= 0.3 is 25.9 Å². The van der Waals surface area contributed by atoms with Crippen LogP contribution >= 0.6 is 0 Å². The Kier molecular flexibility index (Phi) is 7.33. The molecule has 0 radical (unpaired) electrons. The van der Waals surface area contributed by atoms with Crippen LogP contribution in [-0.2, 0) is 27.4 Å². The smallest absolute Gasteiger partial charge is 0.373 e. The Bertz CT molecular complexity index is 665. The van der Waals surface area contributed by atoms with E-state index in [-0.39, 0.29) is 0 Å². The molecule has 0 bridgehead atoms. The average Bonchev–Trinajstić information content (AvgIpc) is 2.55. The van der Waals surface area contributed by atoms with Gasteiger partial charge in [0.25, 0.3) is 0 Å². The number of hydrogen-bond donors (Lipinski definition) is 0. The van der Waals surface area contributed by atoms with E-state index in [4.69, 9.17) is 13.3 Å². The molecule has 1 atom stereocenters. The molecule has 24 heavy (non-hydrogen) atoms. The van der Waals surface area contributed by atoms with Gasteiger partial charge in [0.1, 0.15) is 5.67 Å². The topological polar surface area (TPSA) is 93.7 Å². The number of aromatic nitrogens is 3. The Morgan fingerprint density at radius 2 is 1.17 bits per heavy atom. The van der Waals surface area contributed by atoms with E-state index < -0.39 is 31.5 Å². The van der Waals surface area contributed by atoms with Gasteiger partial charge in [-0.25, -0.2) is 28.1 Å². The van der Waals surface area contributed by atoms with Crippen molar-refractivity contribution in [3.05, 3.63) is 31.5 Å². The lowest BCUT2D eigenvalue weighted by molar-refractivity contribution is 0.0509. The molecule has 1 aromatic rings. The molecule has 0 fully saturated rings. The molecule has 10 heteroatoms. The Morgan fingerprint density at radius 3 is 1.46 bits per heavy atom. The molecule has 0 aliphatic carbocycles. The highest BCUT2D eigenvalue weighted by Crippen LogP contribution is 2.26. The molecule has 0 spiro atoms. The minimum Gasteiger partial charge on any atom is -0.373 e. The summed E-state index contributed by atoms with van der Waals surface area (Å²) in [6, 6.07) is 0. The van der Waals surface area contributed by atoms with Gasteiger partial charge in [-0.3, -0.25) is 0 Å². The van der Waals surface area contributed by atoms with Crippen LogP contribution in [0.3, 0.4) is 0 Å². The lowest BCUT2D eigenvalue weighted by Crippen LogP contribution is -2.62. The van der Waals surface area contributed by atoms with Crippen molar-refractivity contribution < 1.29 is 13.3 Å². The van der Waals surface area contributed by atoms with Crippen LogP contribution in [-0.4, -0.2) is 42.3 Å². The highest BCUT2D eigenvalue weighted by molar-refractivity contribution is 6.61. The number of rotatable bonds is 9. The van der Waals surface area contributed by atoms with Gasteiger partial charge in [-0.15, -0.1) is 0 Å². The van der Waals surface area contributed by atoms with Gasteiger partial charge in [-0.05, 0) is 27.2 Å². The van der Waals surface area contributed by atoms with Crippen molar-refractivity contribution in [1.29, 1.82) is 0 Å². The molecular weight excluding hydrogens is 334 g/mol. The van der Waals surface area contributed by atoms with Crippen LogP contribution in [0.1, 0.15) is 39.8 Å². The second kappa shape index (κ2) is 8.56. The average molecular weight is 361 g/mol. The van der Waals surface area contributed by atoms with Gasteiger partial charge in [0, 0.05) is 33.9 Å². The second-order valence-electron chi connectivity index (χ2n) is 5.16. The first-order valence-electron chi connectivity index (χ1n) is 8.11. The van der Waals surface area contributed by atoms with Crippen molar-refractivity contribution in [2.45, 2.75) is 39.8 Å². The van der Waals surface area contributed by atoms with Crippen LogP contribution in [0.25, 0.3) is 0 Å². The standard InChI is InChI=1S/C14H27N3O6Si/c1-7-11(24(21-8-2,22-9-3)23-10-4)17-13(19)15(5)12(18)16(6)14(17)20/h11H,7-10H2,1-6H3. The third kappa shape index (κ3) is 3.61. The molecule has 0 aromatic carbocycles. The molecule has 0 aliphatic heterocycles. The predicted octanol–water partition coefficient (Wildman–Crippen LogP) is -0.216. The number of nitrogens with zero attached hydrogens (tertiary/aromatic N) is 3. The minimum atomic E-state index is -3.36. The third-order valence-corrected chi connectivity index (χ3v) is 7.26. The van der Waals surface area contributed by atoms with Crippen molar-refractivity contribution in [3.63, 3.8) is 0 Å². The van der Waals surface area contributed by atoms with E-state index in [1.165, 1.54) is 14.1 Å². The first kappa shape index (κ1) is 20.6. The Morgan fingerprint density at radius 1 is 0.792 bits per heavy atom. The molecule has 0 saturated heterocycles. The molecular formula is C14H27N3O6Si. The van der Waals surface area contributed by atoms with Gasteiger partial charge in [0.05, 0.1) is 0 Å². The molecule has 1 heterocycles. The van der Waals surface area contributed by atoms with Crippen LogP contribution in [0.5, 0.6) is 0 Å². The Balaban J connectivity index is 3.73. The fourth-order valence-electron chi connectivity index (χ4n) is 2.67. The minimum absolute atomic E-state index is 0.323. The van der Waals surface area contributed by atoms with Crippen LogP contribution < -0.4 is 17.1 Å². The summed E-state index contributed by atoms with van der Waals surface area (Å²) in [5.41, 5.74) is -2.79. The van der Waals surface area contributed by atoms with Gasteiger partial charge in [-0.2, -0.15) is 0 Å². The van der Waals surface area contributed by atoms with Crippen molar-refractivity contribution in [2.24, 2.45) is 14.1 Å². The summed E-state index contributed by atoms with van der Waals surface area (Å²) in [5, 5.41) is 0. The molecule has 138 valence electrons. The summed E-state index contributed by atoms with van der Waals surface area (Å²) in [6.45, 7) is 8.19. The van der Waals surface area contributed by atoms with E-state index in [1.54, 1.807) is 20.8 Å². The molecule has 0 aliphatic rings. The van der Waals surface area contributed by atoms with E-state index >= 15 is 0 Å². The maximum Gasteiger partial charge on any atom is 0.525 e. The fraction of sp³-hybridized carbons (Fsp3) is 0.786. The summed E-state index contributed by atoms with van der Waals surface area (Å²) in [7, 11) is -0.694. The largest absolute Gasteiger partial charge is 0.525 e. The summed E-state index contributed by atoms with van der Waals surface area (Å²) in [5.74, 6) is 0. The first-order valence-corrected chi connectivity index (χ1v) is 9.91. The predicted molar refractivity (Wildman–Crippen MR) is 91.1 cm³/mol. The van der Waals surface area contributed by atoms with E-state index in [1.807, 2.05) is 6.92 Å². The summed E-state index contributed by atoms with van der Waals surface area (Å²) >= 11 is 0. The zero-order valence-electron chi connectivity index (χ0n) is 15.2. The lowest BCUT2D eigenvalue weighted by Gasteiger charge is -2.35. The SMILES string of the molecule is CCO[Si](OCC)(OCC)C(CC)n1c(=O)n(C)c(=O)n(C)c1=O. The summed E-state index contributed by atoms with van der Waals surface area (Å²) in [6.07, 6.45) is 0.388. The second-order valence-corrected chi connectivity index (χ2v) is 7.90. The van der Waals surface area contributed by atoms with E-state index in [2.05, 4.69) is 0 Å². The van der Waals surface area contributed by atoms with Crippen LogP contribution in [0.15, 0.2) is 14.4 Å². The van der Waals surface area contributed by atoms with Crippen LogP contribution in [0.2, 0.25) is 0 Å². The third-order valence-electron chi connectivity index (χ3n) is 3.70. The van der Waals surface area contributed by atoms with Gasteiger partial charge in [-0.1, -0.05) is 6.92 Å². The molecule has 9 nitrogen and oxygen atoms in total. The molecule has 0 amide bonds.